The van der Waals surface area contributed by atoms with E-state index in [1.165, 1.54) is 12.1 Å². The Morgan fingerprint density at radius 3 is 2.67 bits per heavy atom. The number of fused-ring (bicyclic) bond motifs is 1. The summed E-state index contributed by atoms with van der Waals surface area (Å²) < 4.78 is 5.78. The first-order valence-electron chi connectivity index (χ1n) is 4.03. The van der Waals surface area contributed by atoms with E-state index in [0.29, 0.717) is 15.2 Å². The van der Waals surface area contributed by atoms with Crippen LogP contribution in [0.4, 0.5) is 5.69 Å². The number of rotatable bonds is 0. The van der Waals surface area contributed by atoms with Gasteiger partial charge in [0.1, 0.15) is 0 Å². The van der Waals surface area contributed by atoms with E-state index in [0.717, 1.165) is 0 Å². The van der Waals surface area contributed by atoms with Gasteiger partial charge in [-0.3, -0.25) is 0 Å². The minimum atomic E-state index is -4.72. The van der Waals surface area contributed by atoms with E-state index in [1.54, 1.807) is 13.0 Å². The molecule has 1 aliphatic rings. The van der Waals surface area contributed by atoms with Crippen LogP contribution in [0.1, 0.15) is 6.92 Å². The molecule has 0 spiro atoms. The normalized spacial score (nSPS) is 24.0. The third kappa shape index (κ3) is 2.15. The van der Waals surface area contributed by atoms with Gasteiger partial charge in [0.25, 0.3) is 0 Å². The average molecular weight is 384 g/mol. The molecule has 0 amide bonds. The van der Waals surface area contributed by atoms with Crippen LogP contribution in [0.2, 0.25) is 0 Å². The SMILES string of the molecule is CC1=Nc2cc(O)ccc2[TeH](Cl)(Cl)(Cl)O1. The summed E-state index contributed by atoms with van der Waals surface area (Å²) in [5.74, 6) is 0.399. The zero-order chi connectivity index (χ0) is 11.3. The minimum absolute atomic E-state index is 0.0847. The Bertz CT molecular complexity index is 467. The second-order valence-electron chi connectivity index (χ2n) is 3.14. The standard InChI is InChI=1S/C8H8Cl3NO2Te/c1-5-12-7-4-6(13)2-3-8(7)15(9,10,11)14-5/h2-4,13,15H,1H3. The Morgan fingerprint density at radius 1 is 1.33 bits per heavy atom. The molecule has 84 valence electrons. The predicted molar refractivity (Wildman–Crippen MR) is 66.3 cm³/mol. The second kappa shape index (κ2) is 3.32. The molecule has 0 atom stereocenters. The van der Waals surface area contributed by atoms with Crippen molar-refractivity contribution in [2.24, 2.45) is 4.99 Å². The van der Waals surface area contributed by atoms with Gasteiger partial charge < -0.3 is 0 Å². The number of benzene rings is 1. The average Bonchev–Trinajstić information content (AvgIpc) is 1.98. The van der Waals surface area contributed by atoms with Crippen LogP contribution < -0.4 is 3.61 Å². The van der Waals surface area contributed by atoms with Gasteiger partial charge in [0.2, 0.25) is 0 Å². The Kier molecular flexibility index (Phi) is 2.57. The van der Waals surface area contributed by atoms with Crippen LogP contribution in [0.25, 0.3) is 0 Å². The maximum atomic E-state index is 9.31. The number of phenolic OH excluding ortho intramolecular Hbond substituents is 1. The summed E-state index contributed by atoms with van der Waals surface area (Å²) in [5.41, 5.74) is 0.473. The van der Waals surface area contributed by atoms with E-state index in [2.05, 4.69) is 4.99 Å². The van der Waals surface area contributed by atoms with Crippen molar-refractivity contribution >= 4 is 55.9 Å². The molecule has 0 bridgehead atoms. The van der Waals surface area contributed by atoms with E-state index in [4.69, 9.17) is 30.0 Å². The molecule has 15 heavy (non-hydrogen) atoms. The first-order valence-corrected chi connectivity index (χ1v) is 16.0. The molecule has 0 saturated heterocycles. The fourth-order valence-electron chi connectivity index (χ4n) is 1.35. The Balaban J connectivity index is 2.73. The molecule has 2 rings (SSSR count). The van der Waals surface area contributed by atoms with Crippen molar-refractivity contribution in [1.82, 2.24) is 0 Å². The van der Waals surface area contributed by atoms with E-state index in [9.17, 15) is 5.11 Å². The van der Waals surface area contributed by atoms with Gasteiger partial charge in [-0.25, -0.2) is 0 Å². The second-order valence-corrected chi connectivity index (χ2v) is 25.7. The van der Waals surface area contributed by atoms with Crippen molar-refractivity contribution in [3.63, 3.8) is 0 Å². The molecule has 1 heterocycles. The molecule has 0 radical (unpaired) electrons. The van der Waals surface area contributed by atoms with E-state index in [-0.39, 0.29) is 5.75 Å². The Hall–Kier alpha value is 0.150. The topological polar surface area (TPSA) is 41.8 Å². The molecule has 1 aliphatic heterocycles. The number of nitrogens with zero attached hydrogens (tertiary/aromatic N) is 1. The molecule has 7 heteroatoms. The van der Waals surface area contributed by atoms with Crippen molar-refractivity contribution in [2.45, 2.75) is 6.92 Å². The first-order chi connectivity index (χ1) is 6.76. The third-order valence-corrected chi connectivity index (χ3v) is 11.7. The summed E-state index contributed by atoms with van der Waals surface area (Å²) >= 11 is -4.72. The summed E-state index contributed by atoms with van der Waals surface area (Å²) in [6.07, 6.45) is 0. The van der Waals surface area contributed by atoms with Gasteiger partial charge in [-0.15, -0.1) is 0 Å². The van der Waals surface area contributed by atoms with Gasteiger partial charge >= 0.3 is 100 Å². The fourth-order valence-corrected chi connectivity index (χ4v) is 10.1. The van der Waals surface area contributed by atoms with Crippen LogP contribution in [0.5, 0.6) is 5.75 Å². The van der Waals surface area contributed by atoms with Gasteiger partial charge in [-0.2, -0.15) is 0 Å². The van der Waals surface area contributed by atoms with E-state index in [1.807, 2.05) is 0 Å². The van der Waals surface area contributed by atoms with Crippen molar-refractivity contribution < 1.29 is 8.21 Å². The molecule has 0 aromatic heterocycles. The molecule has 0 unspecified atom stereocenters. The molecular formula is C8H8Cl3NO2Te. The zero-order valence-electron chi connectivity index (χ0n) is 7.62. The van der Waals surface area contributed by atoms with Gasteiger partial charge in [-0.05, 0) is 0 Å². The van der Waals surface area contributed by atoms with Crippen LogP contribution in [0.3, 0.4) is 0 Å². The predicted octanol–water partition coefficient (Wildman–Crippen LogP) is 2.52. The van der Waals surface area contributed by atoms with Crippen LogP contribution in [-0.2, 0) is 3.10 Å². The van der Waals surface area contributed by atoms with Gasteiger partial charge in [0, 0.05) is 0 Å². The summed E-state index contributed by atoms with van der Waals surface area (Å²) in [4.78, 5) is 4.08. The molecule has 0 saturated carbocycles. The number of aliphatic imine (C=N–C) groups is 1. The van der Waals surface area contributed by atoms with Crippen molar-refractivity contribution in [3.8, 4) is 5.75 Å². The van der Waals surface area contributed by atoms with Gasteiger partial charge in [0.15, 0.2) is 0 Å². The van der Waals surface area contributed by atoms with Crippen molar-refractivity contribution in [3.05, 3.63) is 18.2 Å². The number of aromatic hydroxyl groups is 1. The molecular weight excluding hydrogens is 376 g/mol. The molecule has 1 aromatic carbocycles. The van der Waals surface area contributed by atoms with Crippen molar-refractivity contribution in [2.75, 3.05) is 0 Å². The number of halogens is 3. The van der Waals surface area contributed by atoms with Crippen LogP contribution in [0.15, 0.2) is 23.2 Å². The molecule has 0 fully saturated rings. The molecule has 1 N–H and O–H groups in total. The zero-order valence-corrected chi connectivity index (χ0v) is 12.4. The maximum absolute atomic E-state index is 9.31. The van der Waals surface area contributed by atoms with Gasteiger partial charge in [-0.1, -0.05) is 0 Å². The quantitative estimate of drug-likeness (QED) is 0.699. The molecule has 1 aromatic rings. The third-order valence-electron chi connectivity index (χ3n) is 1.89. The van der Waals surface area contributed by atoms with E-state index < -0.39 is 13.9 Å². The van der Waals surface area contributed by atoms with E-state index >= 15 is 0 Å². The monoisotopic (exact) mass is 385 g/mol. The Morgan fingerprint density at radius 2 is 2.00 bits per heavy atom. The Labute approximate surface area is 99.4 Å². The number of hydrogen-bond acceptors (Lipinski definition) is 3. The molecule has 3 nitrogen and oxygen atoms in total. The molecule has 0 aliphatic carbocycles. The van der Waals surface area contributed by atoms with Gasteiger partial charge in [0.05, 0.1) is 0 Å². The summed E-state index contributed by atoms with van der Waals surface area (Å²) in [5, 5.41) is 9.31. The summed E-state index contributed by atoms with van der Waals surface area (Å²) in [6.45, 7) is 1.62. The summed E-state index contributed by atoms with van der Waals surface area (Å²) in [6, 6.07) is 4.46. The van der Waals surface area contributed by atoms with Crippen LogP contribution >= 0.6 is 26.9 Å². The van der Waals surface area contributed by atoms with Crippen molar-refractivity contribution in [1.29, 1.82) is 0 Å². The van der Waals surface area contributed by atoms with Crippen LogP contribution in [-0.4, -0.2) is 24.9 Å². The van der Waals surface area contributed by atoms with Crippen LogP contribution in [0, 0.1) is 0 Å². The fraction of sp³-hybridized carbons (Fsp3) is 0.125. The number of hydrogen-bond donors (Lipinski definition) is 1. The summed E-state index contributed by atoms with van der Waals surface area (Å²) in [7, 11) is 18.5. The first kappa shape index (κ1) is 11.6. The number of phenols is 1.